The van der Waals surface area contributed by atoms with Crippen molar-refractivity contribution in [2.24, 2.45) is 5.73 Å². The van der Waals surface area contributed by atoms with Gasteiger partial charge in [-0.2, -0.15) is 0 Å². The zero-order valence-electron chi connectivity index (χ0n) is 19.8. The third-order valence-corrected chi connectivity index (χ3v) is 7.13. The van der Waals surface area contributed by atoms with Crippen molar-refractivity contribution in [2.75, 3.05) is 23.3 Å². The Morgan fingerprint density at radius 2 is 1.82 bits per heavy atom. The van der Waals surface area contributed by atoms with Crippen LogP contribution in [0.3, 0.4) is 0 Å². The van der Waals surface area contributed by atoms with E-state index in [1.165, 1.54) is 0 Å². The maximum absolute atomic E-state index is 13.4. The molecule has 4 heterocycles. The van der Waals surface area contributed by atoms with Crippen LogP contribution in [0.25, 0.3) is 11.0 Å². The number of carbonyl (C=O) groups is 1. The molecular formula is C25H34N8O. The molecule has 2 aliphatic rings. The van der Waals surface area contributed by atoms with Gasteiger partial charge in [0.25, 0.3) is 5.91 Å². The zero-order valence-corrected chi connectivity index (χ0v) is 19.8. The molecule has 3 aromatic rings. The van der Waals surface area contributed by atoms with E-state index in [0.717, 1.165) is 86.4 Å². The van der Waals surface area contributed by atoms with Gasteiger partial charge in [-0.1, -0.05) is 6.92 Å². The van der Waals surface area contributed by atoms with Crippen LogP contribution in [0.2, 0.25) is 0 Å². The SMILES string of the molecule is CCc1cc2c(N[C@H]3CC[C@H](N)CC3)c(C(=O)NC3CCN(c4ncccn4)CC3)cnc2[nH]1. The van der Waals surface area contributed by atoms with Crippen LogP contribution >= 0.6 is 0 Å². The van der Waals surface area contributed by atoms with Gasteiger partial charge in [-0.15, -0.1) is 0 Å². The van der Waals surface area contributed by atoms with Gasteiger partial charge in [0, 0.05) is 60.9 Å². The van der Waals surface area contributed by atoms with E-state index in [0.29, 0.717) is 11.6 Å². The number of amides is 1. The Hall–Kier alpha value is -3.20. The van der Waals surface area contributed by atoms with Gasteiger partial charge in [0.2, 0.25) is 5.95 Å². The normalized spacial score (nSPS) is 21.5. The number of H-pyrrole nitrogens is 1. The Kier molecular flexibility index (Phi) is 6.62. The topological polar surface area (TPSA) is 125 Å². The predicted octanol–water partition coefficient (Wildman–Crippen LogP) is 3.00. The second kappa shape index (κ2) is 9.97. The van der Waals surface area contributed by atoms with Crippen LogP contribution in [-0.2, 0) is 6.42 Å². The van der Waals surface area contributed by atoms with Crippen LogP contribution in [0.1, 0.15) is 61.5 Å². The summed E-state index contributed by atoms with van der Waals surface area (Å²) in [6.45, 7) is 3.75. The van der Waals surface area contributed by atoms with E-state index in [1.54, 1.807) is 18.6 Å². The third kappa shape index (κ3) is 4.84. The second-order valence-electron chi connectivity index (χ2n) is 9.50. The molecule has 34 heavy (non-hydrogen) atoms. The molecule has 0 radical (unpaired) electrons. The Labute approximate surface area is 199 Å². The minimum absolute atomic E-state index is 0.0712. The molecule has 0 unspecified atom stereocenters. The number of aromatic nitrogens is 4. The molecule has 1 aliphatic carbocycles. The minimum Gasteiger partial charge on any atom is -0.381 e. The lowest BCUT2D eigenvalue weighted by Gasteiger charge is -2.32. The number of aryl methyl sites for hydroxylation is 1. The van der Waals surface area contributed by atoms with Gasteiger partial charge in [0.1, 0.15) is 5.65 Å². The fourth-order valence-corrected chi connectivity index (χ4v) is 5.06. The highest BCUT2D eigenvalue weighted by Gasteiger charge is 2.26. The number of piperidine rings is 1. The van der Waals surface area contributed by atoms with Gasteiger partial charge in [0.05, 0.1) is 11.3 Å². The first kappa shape index (κ1) is 22.6. The van der Waals surface area contributed by atoms with Crippen LogP contribution in [0.4, 0.5) is 11.6 Å². The number of aromatic amines is 1. The first-order chi connectivity index (χ1) is 16.6. The predicted molar refractivity (Wildman–Crippen MR) is 134 cm³/mol. The summed E-state index contributed by atoms with van der Waals surface area (Å²) in [5, 5.41) is 7.94. The molecule has 9 nitrogen and oxygen atoms in total. The highest BCUT2D eigenvalue weighted by molar-refractivity contribution is 6.07. The van der Waals surface area contributed by atoms with Crippen molar-refractivity contribution in [3.8, 4) is 0 Å². The number of nitrogens with two attached hydrogens (primary N) is 1. The lowest BCUT2D eigenvalue weighted by Crippen LogP contribution is -2.45. The van der Waals surface area contributed by atoms with E-state index in [4.69, 9.17) is 5.73 Å². The van der Waals surface area contributed by atoms with E-state index < -0.39 is 0 Å². The van der Waals surface area contributed by atoms with Gasteiger partial charge in [-0.25, -0.2) is 15.0 Å². The van der Waals surface area contributed by atoms with Gasteiger partial charge < -0.3 is 26.3 Å². The molecule has 1 amide bonds. The molecule has 5 N–H and O–H groups in total. The van der Waals surface area contributed by atoms with E-state index in [2.05, 4.69) is 48.5 Å². The largest absolute Gasteiger partial charge is 0.381 e. The van der Waals surface area contributed by atoms with Gasteiger partial charge in [-0.3, -0.25) is 4.79 Å². The Balaban J connectivity index is 1.32. The van der Waals surface area contributed by atoms with Crippen LogP contribution in [0.15, 0.2) is 30.7 Å². The van der Waals surface area contributed by atoms with Crippen molar-refractivity contribution < 1.29 is 4.79 Å². The van der Waals surface area contributed by atoms with Crippen molar-refractivity contribution >= 4 is 28.6 Å². The number of fused-ring (bicyclic) bond motifs is 1. The van der Waals surface area contributed by atoms with Crippen molar-refractivity contribution in [3.05, 3.63) is 42.0 Å². The summed E-state index contributed by atoms with van der Waals surface area (Å²) in [6, 6.07) is 4.65. The molecule has 180 valence electrons. The van der Waals surface area contributed by atoms with Crippen molar-refractivity contribution in [1.29, 1.82) is 0 Å². The Bertz CT molecular complexity index is 1110. The van der Waals surface area contributed by atoms with Crippen molar-refractivity contribution in [1.82, 2.24) is 25.3 Å². The molecule has 1 aliphatic heterocycles. The maximum atomic E-state index is 13.4. The van der Waals surface area contributed by atoms with E-state index in [9.17, 15) is 4.79 Å². The number of anilines is 2. The molecule has 2 fully saturated rings. The van der Waals surface area contributed by atoms with Gasteiger partial charge >= 0.3 is 0 Å². The molecule has 1 saturated heterocycles. The molecule has 0 aromatic carbocycles. The highest BCUT2D eigenvalue weighted by Crippen LogP contribution is 2.31. The quantitative estimate of drug-likeness (QED) is 0.444. The van der Waals surface area contributed by atoms with Crippen LogP contribution < -0.4 is 21.3 Å². The number of nitrogens with zero attached hydrogens (tertiary/aromatic N) is 4. The second-order valence-corrected chi connectivity index (χ2v) is 9.50. The molecule has 0 spiro atoms. The molecule has 5 rings (SSSR count). The fraction of sp³-hybridized carbons (Fsp3) is 0.520. The number of nitrogens with one attached hydrogen (secondary N) is 3. The zero-order chi connectivity index (χ0) is 23.5. The number of hydrogen-bond acceptors (Lipinski definition) is 7. The maximum Gasteiger partial charge on any atom is 0.255 e. The molecular weight excluding hydrogens is 428 g/mol. The van der Waals surface area contributed by atoms with Gasteiger partial charge in [-0.05, 0) is 57.1 Å². The monoisotopic (exact) mass is 462 g/mol. The van der Waals surface area contributed by atoms with Crippen LogP contribution in [0.5, 0.6) is 0 Å². The summed E-state index contributed by atoms with van der Waals surface area (Å²) in [4.78, 5) is 32.3. The molecule has 1 saturated carbocycles. The highest BCUT2D eigenvalue weighted by atomic mass is 16.1. The number of pyridine rings is 1. The fourth-order valence-electron chi connectivity index (χ4n) is 5.06. The first-order valence-corrected chi connectivity index (χ1v) is 12.5. The third-order valence-electron chi connectivity index (χ3n) is 7.13. The molecule has 0 atom stereocenters. The Morgan fingerprint density at radius 3 is 2.53 bits per heavy atom. The number of rotatable bonds is 6. The average Bonchev–Trinajstić information content (AvgIpc) is 3.30. The smallest absolute Gasteiger partial charge is 0.255 e. The van der Waals surface area contributed by atoms with Crippen molar-refractivity contribution in [2.45, 2.75) is 70.0 Å². The summed E-state index contributed by atoms with van der Waals surface area (Å²) >= 11 is 0. The lowest BCUT2D eigenvalue weighted by atomic mass is 9.91. The molecule has 3 aromatic heterocycles. The van der Waals surface area contributed by atoms with Crippen molar-refractivity contribution in [3.63, 3.8) is 0 Å². The molecule has 0 bridgehead atoms. The van der Waals surface area contributed by atoms with E-state index in [1.807, 2.05) is 6.07 Å². The summed E-state index contributed by atoms with van der Waals surface area (Å²) < 4.78 is 0. The van der Waals surface area contributed by atoms with Crippen LogP contribution in [-0.4, -0.2) is 57.1 Å². The van der Waals surface area contributed by atoms with Crippen LogP contribution in [0, 0.1) is 0 Å². The first-order valence-electron chi connectivity index (χ1n) is 12.5. The average molecular weight is 463 g/mol. The lowest BCUT2D eigenvalue weighted by molar-refractivity contribution is 0.0931. The van der Waals surface area contributed by atoms with E-state index >= 15 is 0 Å². The Morgan fingerprint density at radius 1 is 1.09 bits per heavy atom. The van der Waals surface area contributed by atoms with E-state index in [-0.39, 0.29) is 18.0 Å². The summed E-state index contributed by atoms with van der Waals surface area (Å²) in [5.41, 5.74) is 9.54. The number of carbonyl (C=O) groups excluding carboxylic acids is 1. The summed E-state index contributed by atoms with van der Waals surface area (Å²) in [6.07, 6.45) is 11.9. The standard InChI is InChI=1S/C25H34N8O/c1-2-17-14-20-22(30-18-6-4-16(26)5-7-18)21(15-29-23(20)31-17)24(34)32-19-8-12-33(13-9-19)25-27-10-3-11-28-25/h3,10-11,14-16,18-19H,2,4-9,12-13,26H2,1H3,(H,32,34)(H2,29,30,31)/t16-,18-. The summed E-state index contributed by atoms with van der Waals surface area (Å²) in [7, 11) is 0. The molecule has 9 heteroatoms. The summed E-state index contributed by atoms with van der Waals surface area (Å²) in [5.74, 6) is 0.679. The number of hydrogen-bond donors (Lipinski definition) is 4. The minimum atomic E-state index is -0.0712. The van der Waals surface area contributed by atoms with Gasteiger partial charge in [0.15, 0.2) is 0 Å².